The second-order valence-corrected chi connectivity index (χ2v) is 6.32. The van der Waals surface area contributed by atoms with Crippen molar-refractivity contribution in [1.29, 1.82) is 0 Å². The highest BCUT2D eigenvalue weighted by Crippen LogP contribution is 2.36. The van der Waals surface area contributed by atoms with E-state index in [1.165, 1.54) is 29.8 Å². The van der Waals surface area contributed by atoms with Gasteiger partial charge in [-0.1, -0.05) is 0 Å². The van der Waals surface area contributed by atoms with E-state index in [1.54, 1.807) is 0 Å². The van der Waals surface area contributed by atoms with Gasteiger partial charge in [0.2, 0.25) is 5.65 Å². The van der Waals surface area contributed by atoms with E-state index in [4.69, 9.17) is 0 Å². The Morgan fingerprint density at radius 1 is 1.31 bits per heavy atom. The van der Waals surface area contributed by atoms with Gasteiger partial charge >= 0.3 is 12.1 Å². The van der Waals surface area contributed by atoms with Gasteiger partial charge in [0.1, 0.15) is 0 Å². The number of imidazole rings is 1. The lowest BCUT2D eigenvalue weighted by molar-refractivity contribution is -0.137. The summed E-state index contributed by atoms with van der Waals surface area (Å²) in [5.74, 6) is -1.37. The molecule has 4 rings (SSSR count). The van der Waals surface area contributed by atoms with Crippen LogP contribution in [0.15, 0.2) is 35.4 Å². The number of carboxylic acids is 1. The molecule has 0 fully saturated rings. The maximum atomic E-state index is 13.7. The highest BCUT2D eigenvalue weighted by atomic mass is 19.4. The Morgan fingerprint density at radius 2 is 2.03 bits per heavy atom. The molecule has 0 unspecified atom stereocenters. The predicted octanol–water partition coefficient (Wildman–Crippen LogP) is 2.80. The van der Waals surface area contributed by atoms with Gasteiger partial charge in [-0.3, -0.25) is 14.0 Å². The third kappa shape index (κ3) is 2.78. The quantitative estimate of drug-likeness (QED) is 0.511. The maximum absolute atomic E-state index is 13.7. The second kappa shape index (κ2) is 6.06. The van der Waals surface area contributed by atoms with Crippen LogP contribution in [-0.2, 0) is 6.18 Å². The number of aromatic nitrogens is 4. The van der Waals surface area contributed by atoms with Crippen LogP contribution in [0.5, 0.6) is 0 Å². The highest BCUT2D eigenvalue weighted by molar-refractivity contribution is 5.90. The number of alkyl halides is 3. The Hall–Kier alpha value is -3.89. The van der Waals surface area contributed by atoms with Crippen molar-refractivity contribution < 1.29 is 27.9 Å². The smallest absolute Gasteiger partial charge is 0.418 e. The monoisotopic (exact) mass is 404 g/mol. The Balaban J connectivity index is 2.17. The zero-order valence-electron chi connectivity index (χ0n) is 14.6. The predicted molar refractivity (Wildman–Crippen MR) is 94.7 cm³/mol. The molecule has 1 aromatic carbocycles. The van der Waals surface area contributed by atoms with Crippen molar-refractivity contribution in [2.24, 2.45) is 0 Å². The summed E-state index contributed by atoms with van der Waals surface area (Å²) >= 11 is 0. The van der Waals surface area contributed by atoms with Gasteiger partial charge in [0.05, 0.1) is 28.0 Å². The minimum atomic E-state index is -4.75. The van der Waals surface area contributed by atoms with Gasteiger partial charge in [-0.05, 0) is 25.1 Å². The molecule has 0 aliphatic carbocycles. The minimum absolute atomic E-state index is 0.0930. The van der Waals surface area contributed by atoms with Crippen LogP contribution in [0.3, 0.4) is 0 Å². The van der Waals surface area contributed by atoms with Crippen LogP contribution in [0, 0.1) is 6.92 Å². The van der Waals surface area contributed by atoms with Crippen LogP contribution >= 0.6 is 0 Å². The van der Waals surface area contributed by atoms with Gasteiger partial charge < -0.3 is 14.7 Å². The molecule has 148 valence electrons. The fraction of sp³-hybridized carbons (Fsp3) is 0.111. The van der Waals surface area contributed by atoms with E-state index in [0.717, 1.165) is 16.7 Å². The molecule has 0 atom stereocenters. The molecule has 0 saturated carbocycles. The lowest BCUT2D eigenvalue weighted by atomic mass is 10.1. The highest BCUT2D eigenvalue weighted by Gasteiger charge is 2.35. The molecule has 2 N–H and O–H groups in total. The maximum Gasteiger partial charge on any atom is 0.418 e. The van der Waals surface area contributed by atoms with Gasteiger partial charge in [-0.25, -0.2) is 9.78 Å². The van der Waals surface area contributed by atoms with Crippen molar-refractivity contribution in [2.45, 2.75) is 13.1 Å². The number of carboxylic acid groups (broad SMARTS) is 1. The summed E-state index contributed by atoms with van der Waals surface area (Å²) < 4.78 is 43.4. The standard InChI is InChI=1S/C18H11F3N4O4/c1-8-14(17(28)29)23-15-16(27)22-11-4-10(18(19,20)21)12(5-13(11)25(8)15)24-3-2-9(6-24)7-26/h2-7H,1H3,(H,22,27)(H,28,29). The van der Waals surface area contributed by atoms with Crippen molar-refractivity contribution in [1.82, 2.24) is 18.9 Å². The average molecular weight is 404 g/mol. The molecular formula is C18H11F3N4O4. The first-order chi connectivity index (χ1) is 13.6. The number of halogens is 3. The second-order valence-electron chi connectivity index (χ2n) is 6.32. The first-order valence-electron chi connectivity index (χ1n) is 8.15. The van der Waals surface area contributed by atoms with Crippen LogP contribution in [0.1, 0.15) is 32.1 Å². The number of carbonyl (C=O) groups excluding carboxylic acids is 1. The number of H-pyrrole nitrogens is 1. The number of rotatable bonds is 3. The molecular weight excluding hydrogens is 393 g/mol. The van der Waals surface area contributed by atoms with Gasteiger partial charge in [0.25, 0.3) is 5.56 Å². The number of aromatic amines is 1. The first kappa shape index (κ1) is 18.5. The Labute approximate surface area is 158 Å². The fourth-order valence-electron chi connectivity index (χ4n) is 3.27. The molecule has 0 saturated heterocycles. The number of aryl methyl sites for hydroxylation is 1. The van der Waals surface area contributed by atoms with E-state index in [9.17, 15) is 32.7 Å². The normalized spacial score (nSPS) is 12.0. The largest absolute Gasteiger partial charge is 0.476 e. The number of benzene rings is 1. The minimum Gasteiger partial charge on any atom is -0.476 e. The first-order valence-corrected chi connectivity index (χ1v) is 8.15. The molecule has 0 aliphatic heterocycles. The molecule has 0 amide bonds. The number of carbonyl (C=O) groups is 2. The third-order valence-electron chi connectivity index (χ3n) is 4.55. The number of aromatic carboxylic acids is 1. The lowest BCUT2D eigenvalue weighted by Gasteiger charge is -2.16. The van der Waals surface area contributed by atoms with E-state index in [0.29, 0.717) is 6.29 Å². The molecule has 0 radical (unpaired) electrons. The Bertz CT molecular complexity index is 1380. The summed E-state index contributed by atoms with van der Waals surface area (Å²) in [6, 6.07) is 3.28. The summed E-state index contributed by atoms with van der Waals surface area (Å²) in [5, 5.41) is 9.27. The molecule has 29 heavy (non-hydrogen) atoms. The van der Waals surface area contributed by atoms with Crippen LogP contribution in [0.2, 0.25) is 0 Å². The van der Waals surface area contributed by atoms with Crippen molar-refractivity contribution in [3.63, 3.8) is 0 Å². The summed E-state index contributed by atoms with van der Waals surface area (Å²) in [5.41, 5.74) is -2.53. The Morgan fingerprint density at radius 3 is 2.62 bits per heavy atom. The van der Waals surface area contributed by atoms with E-state index in [2.05, 4.69) is 9.97 Å². The van der Waals surface area contributed by atoms with Crippen LogP contribution < -0.4 is 5.56 Å². The summed E-state index contributed by atoms with van der Waals surface area (Å²) in [7, 11) is 0. The lowest BCUT2D eigenvalue weighted by Crippen LogP contribution is -2.15. The molecule has 0 bridgehead atoms. The number of aldehydes is 1. The van der Waals surface area contributed by atoms with Crippen LogP contribution in [0.4, 0.5) is 13.2 Å². The van der Waals surface area contributed by atoms with Gasteiger partial charge in [0.15, 0.2) is 12.0 Å². The zero-order chi connectivity index (χ0) is 21.1. The number of nitrogens with one attached hydrogen (secondary N) is 1. The van der Waals surface area contributed by atoms with E-state index >= 15 is 0 Å². The van der Waals surface area contributed by atoms with Crippen molar-refractivity contribution in [2.75, 3.05) is 0 Å². The SMILES string of the molecule is Cc1c(C(=O)O)nc2c(=O)[nH]c3cc(C(F)(F)F)c(-n4ccc(C=O)c4)cc3n12. The topological polar surface area (TPSA) is 109 Å². The molecule has 0 spiro atoms. The molecule has 3 heterocycles. The van der Waals surface area contributed by atoms with Crippen LogP contribution in [-0.4, -0.2) is 36.3 Å². The van der Waals surface area contributed by atoms with Gasteiger partial charge in [-0.2, -0.15) is 13.2 Å². The molecule has 8 nitrogen and oxygen atoms in total. The van der Waals surface area contributed by atoms with Crippen molar-refractivity contribution in [3.8, 4) is 5.69 Å². The number of nitrogens with zero attached hydrogens (tertiary/aromatic N) is 3. The van der Waals surface area contributed by atoms with E-state index in [1.807, 2.05) is 0 Å². The number of hydrogen-bond donors (Lipinski definition) is 2. The van der Waals surface area contributed by atoms with Gasteiger partial charge in [-0.15, -0.1) is 0 Å². The molecule has 0 aliphatic rings. The zero-order valence-corrected chi connectivity index (χ0v) is 14.6. The van der Waals surface area contributed by atoms with Gasteiger partial charge in [0, 0.05) is 18.0 Å². The third-order valence-corrected chi connectivity index (χ3v) is 4.55. The summed E-state index contributed by atoms with van der Waals surface area (Å²) in [6.45, 7) is 1.40. The molecule has 3 aromatic heterocycles. The summed E-state index contributed by atoms with van der Waals surface area (Å²) in [4.78, 5) is 40.7. The molecule has 11 heteroatoms. The van der Waals surface area contributed by atoms with Crippen LogP contribution in [0.25, 0.3) is 22.4 Å². The number of fused-ring (bicyclic) bond motifs is 3. The number of hydrogen-bond acceptors (Lipinski definition) is 4. The van der Waals surface area contributed by atoms with E-state index in [-0.39, 0.29) is 39.3 Å². The molecule has 4 aromatic rings. The Kier molecular flexibility index (Phi) is 3.86. The fourth-order valence-corrected chi connectivity index (χ4v) is 3.27. The van der Waals surface area contributed by atoms with Crippen molar-refractivity contribution in [3.05, 3.63) is 63.5 Å². The van der Waals surface area contributed by atoms with Crippen molar-refractivity contribution >= 4 is 28.9 Å². The summed E-state index contributed by atoms with van der Waals surface area (Å²) in [6.07, 6.45) is -1.72. The average Bonchev–Trinajstić information content (AvgIpc) is 3.25. The van der Waals surface area contributed by atoms with E-state index < -0.39 is 23.3 Å².